The van der Waals surface area contributed by atoms with E-state index in [-0.39, 0.29) is 18.2 Å². The van der Waals surface area contributed by atoms with Crippen molar-refractivity contribution in [2.75, 3.05) is 5.73 Å². The van der Waals surface area contributed by atoms with Crippen molar-refractivity contribution in [1.82, 2.24) is 9.78 Å². The molecule has 1 aromatic heterocycles. The minimum Gasteiger partial charge on any atom is -0.383 e. The van der Waals surface area contributed by atoms with E-state index in [1.807, 2.05) is 6.07 Å². The first-order chi connectivity index (χ1) is 8.52. The summed E-state index contributed by atoms with van der Waals surface area (Å²) >= 11 is 5.81. The normalized spacial score (nSPS) is 10.3. The second-order valence-electron chi connectivity index (χ2n) is 3.85. The SMILES string of the molecule is Cc1nn(Cc2cc(Cl)ccc2F)c(N)c1C#N. The minimum absolute atomic E-state index is 0.140. The highest BCUT2D eigenvalue weighted by atomic mass is 35.5. The lowest BCUT2D eigenvalue weighted by atomic mass is 10.2. The van der Waals surface area contributed by atoms with Crippen molar-refractivity contribution in [3.05, 3.63) is 45.9 Å². The van der Waals surface area contributed by atoms with Crippen LogP contribution in [0.4, 0.5) is 10.2 Å². The molecule has 0 aliphatic heterocycles. The molecule has 0 aliphatic rings. The van der Waals surface area contributed by atoms with Gasteiger partial charge in [0.05, 0.1) is 12.2 Å². The number of nitrogen functional groups attached to an aromatic ring is 1. The molecular formula is C12H10ClFN4. The fourth-order valence-corrected chi connectivity index (χ4v) is 1.88. The molecule has 0 saturated carbocycles. The maximum Gasteiger partial charge on any atom is 0.140 e. The Kier molecular flexibility index (Phi) is 3.21. The molecule has 2 aromatic rings. The lowest BCUT2D eigenvalue weighted by Gasteiger charge is -2.06. The van der Waals surface area contributed by atoms with Gasteiger partial charge in [0.2, 0.25) is 0 Å². The summed E-state index contributed by atoms with van der Waals surface area (Å²) in [5, 5.41) is 13.4. The second kappa shape index (κ2) is 4.67. The number of aryl methyl sites for hydroxylation is 1. The van der Waals surface area contributed by atoms with E-state index in [0.717, 1.165) is 0 Å². The molecule has 6 heteroatoms. The van der Waals surface area contributed by atoms with Crippen LogP contribution in [0, 0.1) is 24.1 Å². The topological polar surface area (TPSA) is 67.6 Å². The van der Waals surface area contributed by atoms with Crippen molar-refractivity contribution in [2.45, 2.75) is 13.5 Å². The molecule has 0 bridgehead atoms. The Bertz CT molecular complexity index is 642. The van der Waals surface area contributed by atoms with Crippen LogP contribution in [0.3, 0.4) is 0 Å². The van der Waals surface area contributed by atoms with Crippen LogP contribution in [-0.2, 0) is 6.54 Å². The smallest absolute Gasteiger partial charge is 0.140 e. The van der Waals surface area contributed by atoms with Crippen LogP contribution >= 0.6 is 11.6 Å². The monoisotopic (exact) mass is 264 g/mol. The standard InChI is InChI=1S/C12H10ClFN4/c1-7-10(5-15)12(16)18(17-7)6-8-4-9(13)2-3-11(8)14/h2-4H,6,16H2,1H3. The van der Waals surface area contributed by atoms with Gasteiger partial charge in [-0.15, -0.1) is 0 Å². The fraction of sp³-hybridized carbons (Fsp3) is 0.167. The third-order valence-corrected chi connectivity index (χ3v) is 2.84. The van der Waals surface area contributed by atoms with E-state index in [1.54, 1.807) is 6.92 Å². The van der Waals surface area contributed by atoms with E-state index < -0.39 is 0 Å². The van der Waals surface area contributed by atoms with Gasteiger partial charge in [0, 0.05) is 10.6 Å². The zero-order valence-electron chi connectivity index (χ0n) is 9.61. The lowest BCUT2D eigenvalue weighted by Crippen LogP contribution is -2.07. The molecule has 2 rings (SSSR count). The third kappa shape index (κ3) is 2.15. The number of benzene rings is 1. The Morgan fingerprint density at radius 3 is 2.89 bits per heavy atom. The van der Waals surface area contributed by atoms with Gasteiger partial charge in [0.1, 0.15) is 23.3 Å². The maximum absolute atomic E-state index is 13.6. The first kappa shape index (κ1) is 12.4. The number of nitrogens with two attached hydrogens (primary N) is 1. The van der Waals surface area contributed by atoms with Crippen LogP contribution in [0.1, 0.15) is 16.8 Å². The zero-order valence-corrected chi connectivity index (χ0v) is 10.4. The average Bonchev–Trinajstić information content (AvgIpc) is 2.59. The van der Waals surface area contributed by atoms with E-state index in [1.165, 1.54) is 22.9 Å². The summed E-state index contributed by atoms with van der Waals surface area (Å²) in [5.41, 5.74) is 6.99. The fourth-order valence-electron chi connectivity index (χ4n) is 1.68. The average molecular weight is 265 g/mol. The van der Waals surface area contributed by atoms with E-state index >= 15 is 0 Å². The van der Waals surface area contributed by atoms with Crippen molar-refractivity contribution in [1.29, 1.82) is 5.26 Å². The lowest BCUT2D eigenvalue weighted by molar-refractivity contribution is 0.586. The number of rotatable bonds is 2. The molecule has 0 amide bonds. The van der Waals surface area contributed by atoms with Crippen LogP contribution in [0.2, 0.25) is 5.02 Å². The molecule has 0 aliphatic carbocycles. The Morgan fingerprint density at radius 1 is 1.56 bits per heavy atom. The summed E-state index contributed by atoms with van der Waals surface area (Å²) in [4.78, 5) is 0. The van der Waals surface area contributed by atoms with Crippen LogP contribution in [0.25, 0.3) is 0 Å². The van der Waals surface area contributed by atoms with Gasteiger partial charge >= 0.3 is 0 Å². The van der Waals surface area contributed by atoms with Gasteiger partial charge < -0.3 is 5.73 Å². The first-order valence-corrected chi connectivity index (χ1v) is 5.57. The minimum atomic E-state index is -0.384. The van der Waals surface area contributed by atoms with Crippen molar-refractivity contribution >= 4 is 17.4 Å². The molecule has 0 radical (unpaired) electrons. The Hall–Kier alpha value is -2.06. The molecule has 0 unspecified atom stereocenters. The Labute approximate surface area is 108 Å². The number of nitriles is 1. The van der Waals surface area contributed by atoms with E-state index in [4.69, 9.17) is 22.6 Å². The maximum atomic E-state index is 13.6. The van der Waals surface area contributed by atoms with E-state index in [2.05, 4.69) is 5.10 Å². The quantitative estimate of drug-likeness (QED) is 0.906. The molecule has 1 aromatic carbocycles. The summed E-state index contributed by atoms with van der Waals surface area (Å²) < 4.78 is 15.0. The molecule has 0 saturated heterocycles. The molecule has 2 N–H and O–H groups in total. The van der Waals surface area contributed by atoms with Gasteiger partial charge in [0.15, 0.2) is 0 Å². The van der Waals surface area contributed by atoms with Crippen LogP contribution in [0.5, 0.6) is 0 Å². The summed E-state index contributed by atoms with van der Waals surface area (Å²) in [6.07, 6.45) is 0. The summed E-state index contributed by atoms with van der Waals surface area (Å²) in [6, 6.07) is 6.24. The second-order valence-corrected chi connectivity index (χ2v) is 4.29. The number of hydrogen-bond donors (Lipinski definition) is 1. The molecule has 1 heterocycles. The summed E-state index contributed by atoms with van der Waals surface area (Å²) in [7, 11) is 0. The Morgan fingerprint density at radius 2 is 2.28 bits per heavy atom. The molecule has 0 fully saturated rings. The molecule has 0 atom stereocenters. The molecule has 0 spiro atoms. The van der Waals surface area contributed by atoms with Crippen LogP contribution < -0.4 is 5.73 Å². The zero-order chi connectivity index (χ0) is 13.3. The van der Waals surface area contributed by atoms with Gasteiger partial charge in [0.25, 0.3) is 0 Å². The highest BCUT2D eigenvalue weighted by Crippen LogP contribution is 2.20. The van der Waals surface area contributed by atoms with Gasteiger partial charge in [-0.25, -0.2) is 9.07 Å². The van der Waals surface area contributed by atoms with Gasteiger partial charge in [-0.3, -0.25) is 0 Å². The Balaban J connectivity index is 2.41. The molecular weight excluding hydrogens is 255 g/mol. The van der Waals surface area contributed by atoms with Crippen molar-refractivity contribution in [2.24, 2.45) is 0 Å². The van der Waals surface area contributed by atoms with Crippen LogP contribution in [0.15, 0.2) is 18.2 Å². The predicted octanol–water partition coefficient (Wildman–Crippen LogP) is 2.49. The van der Waals surface area contributed by atoms with Gasteiger partial charge in [-0.05, 0) is 25.1 Å². The number of halogens is 2. The number of nitrogens with zero attached hydrogens (tertiary/aromatic N) is 3. The number of aromatic nitrogens is 2. The van der Waals surface area contributed by atoms with Gasteiger partial charge in [-0.1, -0.05) is 11.6 Å². The molecule has 92 valence electrons. The summed E-state index contributed by atoms with van der Waals surface area (Å²) in [6.45, 7) is 1.82. The molecule has 4 nitrogen and oxygen atoms in total. The van der Waals surface area contributed by atoms with Gasteiger partial charge in [-0.2, -0.15) is 10.4 Å². The molecule has 18 heavy (non-hydrogen) atoms. The highest BCUT2D eigenvalue weighted by Gasteiger charge is 2.13. The number of hydrogen-bond acceptors (Lipinski definition) is 3. The van der Waals surface area contributed by atoms with Crippen molar-refractivity contribution < 1.29 is 4.39 Å². The van der Waals surface area contributed by atoms with E-state index in [9.17, 15) is 4.39 Å². The highest BCUT2D eigenvalue weighted by molar-refractivity contribution is 6.30. The van der Waals surface area contributed by atoms with Crippen molar-refractivity contribution in [3.63, 3.8) is 0 Å². The first-order valence-electron chi connectivity index (χ1n) is 5.20. The van der Waals surface area contributed by atoms with E-state index in [0.29, 0.717) is 21.8 Å². The third-order valence-electron chi connectivity index (χ3n) is 2.61. The van der Waals surface area contributed by atoms with Crippen LogP contribution in [-0.4, -0.2) is 9.78 Å². The predicted molar refractivity (Wildman–Crippen MR) is 66.6 cm³/mol. The number of anilines is 1. The van der Waals surface area contributed by atoms with Crippen molar-refractivity contribution in [3.8, 4) is 6.07 Å². The summed E-state index contributed by atoms with van der Waals surface area (Å²) in [5.74, 6) is -0.153. The largest absolute Gasteiger partial charge is 0.383 e.